The first-order valence-electron chi connectivity index (χ1n) is 6.84. The molecule has 2 nitrogen and oxygen atoms in total. The van der Waals surface area contributed by atoms with Gasteiger partial charge in [-0.3, -0.25) is 0 Å². The zero-order valence-corrected chi connectivity index (χ0v) is 11.5. The van der Waals surface area contributed by atoms with Crippen molar-refractivity contribution in [1.82, 2.24) is 4.90 Å². The molecule has 1 unspecified atom stereocenters. The Morgan fingerprint density at radius 1 is 1.11 bits per heavy atom. The normalized spacial score (nSPS) is 25.6. The Morgan fingerprint density at radius 2 is 1.74 bits per heavy atom. The molecule has 0 amide bonds. The van der Waals surface area contributed by atoms with Crippen LogP contribution in [-0.2, 0) is 5.60 Å². The van der Waals surface area contributed by atoms with E-state index >= 15 is 0 Å². The predicted molar refractivity (Wildman–Crippen MR) is 70.8 cm³/mol. The quantitative estimate of drug-likeness (QED) is 0.892. The third-order valence-electron chi connectivity index (χ3n) is 3.98. The van der Waals surface area contributed by atoms with Gasteiger partial charge in [-0.2, -0.15) is 0 Å². The standard InChI is InChI=1S/C15H21F2NO/c1-11(2)18-6-3-4-15(19,5-7-18)12-8-13(16)10-14(17)9-12/h8-11,19H,3-7H2,1-2H3. The van der Waals surface area contributed by atoms with Crippen molar-refractivity contribution < 1.29 is 13.9 Å². The van der Waals surface area contributed by atoms with E-state index in [-0.39, 0.29) is 0 Å². The number of benzene rings is 1. The van der Waals surface area contributed by atoms with Gasteiger partial charge in [-0.05, 0) is 57.4 Å². The molecule has 4 heteroatoms. The molecule has 0 aliphatic carbocycles. The van der Waals surface area contributed by atoms with E-state index in [4.69, 9.17) is 0 Å². The lowest BCUT2D eigenvalue weighted by Gasteiger charge is -2.28. The first-order valence-corrected chi connectivity index (χ1v) is 6.84. The lowest BCUT2D eigenvalue weighted by atomic mass is 9.87. The fourth-order valence-corrected chi connectivity index (χ4v) is 2.77. The Bertz CT molecular complexity index is 430. The summed E-state index contributed by atoms with van der Waals surface area (Å²) in [6.45, 7) is 5.89. The molecule has 19 heavy (non-hydrogen) atoms. The first kappa shape index (κ1) is 14.4. The van der Waals surface area contributed by atoms with Crippen molar-refractivity contribution in [3.05, 3.63) is 35.4 Å². The number of hydrogen-bond donors (Lipinski definition) is 1. The van der Waals surface area contributed by atoms with E-state index in [1.54, 1.807) is 0 Å². The van der Waals surface area contributed by atoms with Crippen molar-refractivity contribution in [2.75, 3.05) is 13.1 Å². The van der Waals surface area contributed by atoms with Crippen LogP contribution in [0.2, 0.25) is 0 Å². The van der Waals surface area contributed by atoms with Crippen LogP contribution in [0.3, 0.4) is 0 Å². The highest BCUT2D eigenvalue weighted by Gasteiger charge is 2.33. The van der Waals surface area contributed by atoms with Gasteiger partial charge in [0.05, 0.1) is 5.60 Å². The molecule has 0 aromatic heterocycles. The molecule has 0 spiro atoms. The van der Waals surface area contributed by atoms with Crippen LogP contribution in [0.15, 0.2) is 18.2 Å². The van der Waals surface area contributed by atoms with Crippen molar-refractivity contribution in [3.63, 3.8) is 0 Å². The maximum atomic E-state index is 13.3. The van der Waals surface area contributed by atoms with Gasteiger partial charge in [0.25, 0.3) is 0 Å². The van der Waals surface area contributed by atoms with Crippen LogP contribution < -0.4 is 0 Å². The number of halogens is 2. The number of hydrogen-bond acceptors (Lipinski definition) is 2. The molecule has 0 saturated carbocycles. The van der Waals surface area contributed by atoms with Crippen LogP contribution in [0.4, 0.5) is 8.78 Å². The van der Waals surface area contributed by atoms with Gasteiger partial charge in [-0.15, -0.1) is 0 Å². The molecule has 1 N–H and O–H groups in total. The fraction of sp³-hybridized carbons (Fsp3) is 0.600. The minimum Gasteiger partial charge on any atom is -0.385 e. The minimum absolute atomic E-state index is 0.357. The Morgan fingerprint density at radius 3 is 2.32 bits per heavy atom. The molecule has 1 heterocycles. The summed E-state index contributed by atoms with van der Waals surface area (Å²) in [6.07, 6.45) is 1.87. The number of rotatable bonds is 2. The van der Waals surface area contributed by atoms with Crippen molar-refractivity contribution in [2.24, 2.45) is 0 Å². The first-order chi connectivity index (χ1) is 8.90. The van der Waals surface area contributed by atoms with Crippen molar-refractivity contribution in [3.8, 4) is 0 Å². The molecule has 0 bridgehead atoms. The summed E-state index contributed by atoms with van der Waals surface area (Å²) < 4.78 is 26.6. The molecule has 106 valence electrons. The lowest BCUT2D eigenvalue weighted by Crippen LogP contribution is -2.33. The number of nitrogens with zero attached hydrogens (tertiary/aromatic N) is 1. The molecule has 1 aliphatic heterocycles. The highest BCUT2D eigenvalue weighted by atomic mass is 19.1. The summed E-state index contributed by atoms with van der Waals surface area (Å²) in [7, 11) is 0. The van der Waals surface area contributed by atoms with E-state index in [1.807, 2.05) is 0 Å². The molecular weight excluding hydrogens is 248 g/mol. The van der Waals surface area contributed by atoms with Crippen LogP contribution in [0.5, 0.6) is 0 Å². The average molecular weight is 269 g/mol. The van der Waals surface area contributed by atoms with Gasteiger partial charge in [0.2, 0.25) is 0 Å². The Balaban J connectivity index is 2.22. The summed E-state index contributed by atoms with van der Waals surface area (Å²) in [6, 6.07) is 3.75. The number of aliphatic hydroxyl groups is 1. The van der Waals surface area contributed by atoms with Crippen LogP contribution in [0.25, 0.3) is 0 Å². The average Bonchev–Trinajstić information content (AvgIpc) is 2.51. The molecule has 1 aromatic carbocycles. The Labute approximate surface area is 113 Å². The maximum absolute atomic E-state index is 13.3. The van der Waals surface area contributed by atoms with E-state index < -0.39 is 17.2 Å². The third kappa shape index (κ3) is 3.31. The molecule has 1 saturated heterocycles. The van der Waals surface area contributed by atoms with Crippen LogP contribution in [0, 0.1) is 11.6 Å². The van der Waals surface area contributed by atoms with Gasteiger partial charge >= 0.3 is 0 Å². The van der Waals surface area contributed by atoms with Gasteiger partial charge in [0, 0.05) is 18.7 Å². The van der Waals surface area contributed by atoms with Gasteiger partial charge in [0.1, 0.15) is 11.6 Å². The summed E-state index contributed by atoms with van der Waals surface area (Å²) in [4.78, 5) is 2.29. The van der Waals surface area contributed by atoms with E-state index in [1.165, 1.54) is 12.1 Å². The molecule has 1 aromatic rings. The topological polar surface area (TPSA) is 23.5 Å². The van der Waals surface area contributed by atoms with Crippen molar-refractivity contribution in [1.29, 1.82) is 0 Å². The van der Waals surface area contributed by atoms with Crippen LogP contribution in [-0.4, -0.2) is 29.1 Å². The van der Waals surface area contributed by atoms with Gasteiger partial charge in [0.15, 0.2) is 0 Å². The second-order valence-corrected chi connectivity index (χ2v) is 5.67. The molecule has 0 radical (unpaired) electrons. The molecule has 2 rings (SSSR count). The van der Waals surface area contributed by atoms with Gasteiger partial charge < -0.3 is 10.0 Å². The van der Waals surface area contributed by atoms with Crippen molar-refractivity contribution >= 4 is 0 Å². The van der Waals surface area contributed by atoms with E-state index in [0.29, 0.717) is 24.4 Å². The fourth-order valence-electron chi connectivity index (χ4n) is 2.77. The lowest BCUT2D eigenvalue weighted by molar-refractivity contribution is 0.0198. The van der Waals surface area contributed by atoms with E-state index in [0.717, 1.165) is 25.6 Å². The molecule has 1 aliphatic rings. The third-order valence-corrected chi connectivity index (χ3v) is 3.98. The second kappa shape index (κ2) is 5.55. The monoisotopic (exact) mass is 269 g/mol. The Hall–Kier alpha value is -1.00. The van der Waals surface area contributed by atoms with Crippen molar-refractivity contribution in [2.45, 2.75) is 44.8 Å². The summed E-state index contributed by atoms with van der Waals surface area (Å²) >= 11 is 0. The zero-order valence-electron chi connectivity index (χ0n) is 11.5. The predicted octanol–water partition coefficient (Wildman–Crippen LogP) is 3.05. The molecule has 1 fully saturated rings. The summed E-state index contributed by atoms with van der Waals surface area (Å²) in [5.74, 6) is -1.26. The highest BCUT2D eigenvalue weighted by Crippen LogP contribution is 2.34. The van der Waals surface area contributed by atoms with Crippen LogP contribution >= 0.6 is 0 Å². The van der Waals surface area contributed by atoms with Gasteiger partial charge in [-0.25, -0.2) is 8.78 Å². The largest absolute Gasteiger partial charge is 0.385 e. The highest BCUT2D eigenvalue weighted by molar-refractivity contribution is 5.24. The molecule has 1 atom stereocenters. The summed E-state index contributed by atoms with van der Waals surface area (Å²) in [5.41, 5.74) is -0.761. The Kier molecular flexibility index (Phi) is 4.21. The minimum atomic E-state index is -1.12. The smallest absolute Gasteiger partial charge is 0.126 e. The maximum Gasteiger partial charge on any atom is 0.126 e. The number of likely N-dealkylation sites (tertiary alicyclic amines) is 1. The molecular formula is C15H21F2NO. The second-order valence-electron chi connectivity index (χ2n) is 5.67. The van der Waals surface area contributed by atoms with Crippen LogP contribution in [0.1, 0.15) is 38.7 Å². The van der Waals surface area contributed by atoms with E-state index in [9.17, 15) is 13.9 Å². The SMILES string of the molecule is CC(C)N1CCCC(O)(c2cc(F)cc(F)c2)CC1. The van der Waals surface area contributed by atoms with E-state index in [2.05, 4.69) is 18.7 Å². The van der Waals surface area contributed by atoms with Gasteiger partial charge in [-0.1, -0.05) is 0 Å². The summed E-state index contributed by atoms with van der Waals surface area (Å²) in [5, 5.41) is 10.7. The zero-order chi connectivity index (χ0) is 14.0.